The van der Waals surface area contributed by atoms with Crippen molar-refractivity contribution in [2.45, 2.75) is 45.2 Å². The number of fused-ring (bicyclic) bond motifs is 2. The number of H-pyrrole nitrogens is 1. The molecule has 12 heteroatoms. The number of rotatable bonds is 4. The number of amides is 2. The molecule has 0 spiro atoms. The molecule has 0 fully saturated rings. The maximum absolute atomic E-state index is 15.1. The third-order valence-corrected chi connectivity index (χ3v) is 6.55. The molecule has 4 heterocycles. The molecule has 0 saturated carbocycles. The number of pyridine rings is 1. The smallest absolute Gasteiger partial charge is 0.313 e. The summed E-state index contributed by atoms with van der Waals surface area (Å²) in [6.07, 6.45) is 3.21. The molecule has 35 heavy (non-hydrogen) atoms. The highest BCUT2D eigenvalue weighted by molar-refractivity contribution is 6.33. The van der Waals surface area contributed by atoms with Gasteiger partial charge in [-0.05, 0) is 53.3 Å². The number of aromatic nitrogens is 5. The number of nitrogens with zero attached hydrogens (tertiary/aromatic N) is 5. The Morgan fingerprint density at radius 1 is 1.26 bits per heavy atom. The Hall–Kier alpha value is -3.86. The summed E-state index contributed by atoms with van der Waals surface area (Å²) in [5.41, 5.74) is 2.79. The lowest BCUT2D eigenvalue weighted by molar-refractivity contribution is 0.135. The van der Waals surface area contributed by atoms with Gasteiger partial charge < -0.3 is 10.2 Å². The third kappa shape index (κ3) is 4.12. The summed E-state index contributed by atoms with van der Waals surface area (Å²) >= 11 is 6.46. The van der Waals surface area contributed by atoms with Crippen molar-refractivity contribution in [2.24, 2.45) is 0 Å². The summed E-state index contributed by atoms with van der Waals surface area (Å²) in [5.74, 6) is -0.655. The second-order valence-electron chi connectivity index (χ2n) is 8.31. The molecular weight excluding hydrogens is 477 g/mol. The van der Waals surface area contributed by atoms with Gasteiger partial charge in [-0.1, -0.05) is 25.4 Å². The minimum absolute atomic E-state index is 0.0502. The van der Waals surface area contributed by atoms with Crippen LogP contribution in [0.5, 0.6) is 0 Å². The average molecular weight is 498 g/mol. The van der Waals surface area contributed by atoms with E-state index in [2.05, 4.69) is 35.4 Å². The number of carbonyl (C=O) groups is 1. The molecule has 0 bridgehead atoms. The van der Waals surface area contributed by atoms with E-state index in [4.69, 9.17) is 11.6 Å². The van der Waals surface area contributed by atoms with Gasteiger partial charge in [-0.2, -0.15) is 5.10 Å². The average Bonchev–Trinajstić information content (AvgIpc) is 3.32. The highest BCUT2D eigenvalue weighted by Crippen LogP contribution is 2.36. The number of urea groups is 1. The Balaban J connectivity index is 1.45. The quantitative estimate of drug-likeness (QED) is 0.425. The van der Waals surface area contributed by atoms with E-state index in [1.165, 1.54) is 24.4 Å². The van der Waals surface area contributed by atoms with Crippen molar-refractivity contribution in [3.8, 4) is 11.1 Å². The summed E-state index contributed by atoms with van der Waals surface area (Å²) in [4.78, 5) is 30.9. The third-order valence-electron chi connectivity index (χ3n) is 6.24. The van der Waals surface area contributed by atoms with Crippen LogP contribution in [0.4, 0.5) is 14.9 Å². The molecule has 1 aromatic carbocycles. The number of halogens is 2. The first-order valence-corrected chi connectivity index (χ1v) is 11.5. The first-order chi connectivity index (χ1) is 16.9. The Kier molecular flexibility index (Phi) is 5.93. The standard InChI is InChI=1S/C23H21ClFN7O3/c1-3-13-5-11-7-20(33)28-29-21(11)19(4-2)32(13)23(34)27-17-9-15(24)14(8-16(17)25)12-6-18-22(26-10-12)31-35-30-18/h6-10,13,19H,3-5H2,1-2H3,(H,27,34)(H,28,33)/t13-,19+/m0/s1. The van der Waals surface area contributed by atoms with E-state index in [1.807, 2.05) is 13.8 Å². The summed E-state index contributed by atoms with van der Waals surface area (Å²) in [6.45, 7) is 3.89. The van der Waals surface area contributed by atoms with Gasteiger partial charge >= 0.3 is 6.03 Å². The van der Waals surface area contributed by atoms with Gasteiger partial charge in [0.15, 0.2) is 5.52 Å². The van der Waals surface area contributed by atoms with Gasteiger partial charge in [0.05, 0.1) is 22.4 Å². The zero-order chi connectivity index (χ0) is 24.7. The van der Waals surface area contributed by atoms with Crippen molar-refractivity contribution >= 4 is 34.5 Å². The molecule has 5 rings (SSSR count). The molecule has 0 saturated heterocycles. The van der Waals surface area contributed by atoms with E-state index in [-0.39, 0.29) is 28.4 Å². The van der Waals surface area contributed by atoms with Crippen LogP contribution in [0.2, 0.25) is 5.02 Å². The Bertz CT molecular complexity index is 1490. The first-order valence-electron chi connectivity index (χ1n) is 11.1. The number of hydrogen-bond donors (Lipinski definition) is 2. The van der Waals surface area contributed by atoms with Crippen LogP contribution in [-0.4, -0.2) is 42.5 Å². The lowest BCUT2D eigenvalue weighted by Gasteiger charge is -2.41. The second kappa shape index (κ2) is 9.06. The molecule has 180 valence electrons. The SMILES string of the molecule is CC[C@H]1Cc2cc(=O)[nH]nc2[C@@H](CC)N1C(=O)Nc1cc(Cl)c(-c2cnc3nonc3c2)cc1F. The molecule has 1 aliphatic heterocycles. The van der Waals surface area contributed by atoms with Crippen molar-refractivity contribution in [2.75, 3.05) is 5.32 Å². The highest BCUT2D eigenvalue weighted by atomic mass is 35.5. The van der Waals surface area contributed by atoms with Gasteiger partial charge in [-0.15, -0.1) is 0 Å². The van der Waals surface area contributed by atoms with E-state index in [0.717, 1.165) is 5.56 Å². The van der Waals surface area contributed by atoms with Crippen LogP contribution in [0.1, 0.15) is 44.0 Å². The van der Waals surface area contributed by atoms with Gasteiger partial charge in [-0.3, -0.25) is 4.79 Å². The van der Waals surface area contributed by atoms with Crippen LogP contribution < -0.4 is 10.9 Å². The van der Waals surface area contributed by atoms with Crippen molar-refractivity contribution in [3.63, 3.8) is 0 Å². The van der Waals surface area contributed by atoms with Gasteiger partial charge in [0.1, 0.15) is 5.82 Å². The molecule has 10 nitrogen and oxygen atoms in total. The van der Waals surface area contributed by atoms with E-state index < -0.39 is 11.8 Å². The zero-order valence-electron chi connectivity index (χ0n) is 18.9. The number of benzene rings is 1. The topological polar surface area (TPSA) is 130 Å². The maximum atomic E-state index is 15.1. The fraction of sp³-hybridized carbons (Fsp3) is 0.304. The van der Waals surface area contributed by atoms with Crippen LogP contribution in [0.3, 0.4) is 0 Å². The first kappa shape index (κ1) is 22.9. The molecule has 2 atom stereocenters. The van der Waals surface area contributed by atoms with Crippen molar-refractivity contribution in [1.29, 1.82) is 0 Å². The molecule has 0 unspecified atom stereocenters. The summed E-state index contributed by atoms with van der Waals surface area (Å²) < 4.78 is 19.8. The number of anilines is 1. The minimum Gasteiger partial charge on any atom is -0.313 e. The van der Waals surface area contributed by atoms with Crippen LogP contribution in [0.25, 0.3) is 22.3 Å². The van der Waals surface area contributed by atoms with Crippen LogP contribution in [0.15, 0.2) is 39.9 Å². The van der Waals surface area contributed by atoms with Gasteiger partial charge in [-0.25, -0.2) is 23.9 Å². The van der Waals surface area contributed by atoms with Crippen molar-refractivity contribution in [1.82, 2.24) is 30.4 Å². The molecule has 3 aromatic heterocycles. The van der Waals surface area contributed by atoms with E-state index in [1.54, 1.807) is 11.0 Å². The van der Waals surface area contributed by atoms with Crippen LogP contribution >= 0.6 is 11.6 Å². The monoisotopic (exact) mass is 497 g/mol. The number of hydrogen-bond acceptors (Lipinski definition) is 7. The normalized spacial score (nSPS) is 17.4. The molecule has 4 aromatic rings. The fourth-order valence-electron chi connectivity index (χ4n) is 4.56. The number of aromatic amines is 1. The maximum Gasteiger partial charge on any atom is 0.322 e. The highest BCUT2D eigenvalue weighted by Gasteiger charge is 2.37. The lowest BCUT2D eigenvalue weighted by atomic mass is 9.90. The van der Waals surface area contributed by atoms with Crippen LogP contribution in [0, 0.1) is 5.82 Å². The lowest BCUT2D eigenvalue weighted by Crippen LogP contribution is -2.49. The fourth-order valence-corrected chi connectivity index (χ4v) is 4.83. The van der Waals surface area contributed by atoms with Crippen molar-refractivity contribution < 1.29 is 13.8 Å². The molecular formula is C23H21ClFN7O3. The van der Waals surface area contributed by atoms with Gasteiger partial charge in [0, 0.05) is 29.4 Å². The van der Waals surface area contributed by atoms with Gasteiger partial charge in [0.25, 0.3) is 5.56 Å². The summed E-state index contributed by atoms with van der Waals surface area (Å²) in [5, 5.41) is 16.9. The van der Waals surface area contributed by atoms with Gasteiger partial charge in [0.2, 0.25) is 5.65 Å². The van der Waals surface area contributed by atoms with Crippen molar-refractivity contribution in [3.05, 3.63) is 62.9 Å². The van der Waals surface area contributed by atoms with E-state index in [9.17, 15) is 9.59 Å². The summed E-state index contributed by atoms with van der Waals surface area (Å²) in [6, 6.07) is 4.75. The molecule has 1 aliphatic rings. The van der Waals surface area contributed by atoms with E-state index >= 15 is 4.39 Å². The zero-order valence-corrected chi connectivity index (χ0v) is 19.6. The summed E-state index contributed by atoms with van der Waals surface area (Å²) in [7, 11) is 0. The second-order valence-corrected chi connectivity index (χ2v) is 8.72. The van der Waals surface area contributed by atoms with E-state index in [0.29, 0.717) is 47.2 Å². The predicted molar refractivity (Wildman–Crippen MR) is 127 cm³/mol. The number of nitrogens with one attached hydrogen (secondary N) is 2. The number of carbonyl (C=O) groups excluding carboxylic acids is 1. The molecule has 2 amide bonds. The Morgan fingerprint density at radius 3 is 2.86 bits per heavy atom. The van der Waals surface area contributed by atoms with Crippen LogP contribution in [-0.2, 0) is 6.42 Å². The predicted octanol–water partition coefficient (Wildman–Crippen LogP) is 4.48. The minimum atomic E-state index is -0.655. The molecule has 2 N–H and O–H groups in total. The Morgan fingerprint density at radius 2 is 2.09 bits per heavy atom. The molecule has 0 radical (unpaired) electrons. The molecule has 0 aliphatic carbocycles. The largest absolute Gasteiger partial charge is 0.322 e. The Labute approximate surface area is 203 Å².